The molecule has 0 saturated heterocycles. The lowest BCUT2D eigenvalue weighted by atomic mass is 10.4. The molecule has 4 heteroatoms. The highest BCUT2D eigenvalue weighted by molar-refractivity contribution is 7.12. The summed E-state index contributed by atoms with van der Waals surface area (Å²) >= 11 is 1.43. The number of carbonyl (C=O) groups is 1. The number of nitrogens with one attached hydrogen (secondary N) is 1. The van der Waals surface area contributed by atoms with Gasteiger partial charge in [-0.1, -0.05) is 6.07 Å². The van der Waals surface area contributed by atoms with Crippen molar-refractivity contribution in [2.24, 2.45) is 0 Å². The SMILES string of the molecule is O=C(Nn1cccc1)c1cccs1. The minimum atomic E-state index is -0.0776. The molecule has 0 bridgehead atoms. The average molecular weight is 192 g/mol. The van der Waals surface area contributed by atoms with E-state index in [0.717, 1.165) is 0 Å². The first-order valence-corrected chi connectivity index (χ1v) is 4.72. The van der Waals surface area contributed by atoms with Crippen LogP contribution in [0.15, 0.2) is 42.0 Å². The molecule has 0 aromatic carbocycles. The van der Waals surface area contributed by atoms with Crippen LogP contribution in [0.3, 0.4) is 0 Å². The van der Waals surface area contributed by atoms with Crippen LogP contribution < -0.4 is 5.43 Å². The smallest absolute Gasteiger partial charge is 0.268 e. The Kier molecular flexibility index (Phi) is 2.14. The van der Waals surface area contributed by atoms with Gasteiger partial charge >= 0.3 is 0 Å². The molecule has 0 aliphatic carbocycles. The predicted octanol–water partition coefficient (Wildman–Crippen LogP) is 1.93. The standard InChI is InChI=1S/C9H8N2OS/c12-9(8-4-3-7-13-8)10-11-5-1-2-6-11/h1-7H,(H,10,12). The van der Waals surface area contributed by atoms with Crippen molar-refractivity contribution in [1.82, 2.24) is 4.68 Å². The lowest BCUT2D eigenvalue weighted by molar-refractivity contribution is 0.101. The van der Waals surface area contributed by atoms with E-state index >= 15 is 0 Å². The summed E-state index contributed by atoms with van der Waals surface area (Å²) in [7, 11) is 0. The van der Waals surface area contributed by atoms with E-state index in [-0.39, 0.29) is 5.91 Å². The van der Waals surface area contributed by atoms with Crippen LogP contribution in [0.1, 0.15) is 9.67 Å². The number of nitrogens with zero attached hydrogens (tertiary/aromatic N) is 1. The number of rotatable bonds is 2. The largest absolute Gasteiger partial charge is 0.280 e. The zero-order valence-electron chi connectivity index (χ0n) is 6.81. The van der Waals surface area contributed by atoms with Gasteiger partial charge in [-0.2, -0.15) is 0 Å². The maximum absolute atomic E-state index is 11.5. The van der Waals surface area contributed by atoms with Crippen molar-refractivity contribution in [3.05, 3.63) is 46.9 Å². The van der Waals surface area contributed by atoms with E-state index in [0.29, 0.717) is 4.88 Å². The molecule has 2 aromatic rings. The zero-order chi connectivity index (χ0) is 9.10. The first-order valence-electron chi connectivity index (χ1n) is 3.84. The van der Waals surface area contributed by atoms with Crippen molar-refractivity contribution in [3.8, 4) is 0 Å². The molecule has 2 rings (SSSR count). The molecule has 0 saturated carbocycles. The monoisotopic (exact) mass is 192 g/mol. The Morgan fingerprint density at radius 2 is 2.08 bits per heavy atom. The highest BCUT2D eigenvalue weighted by Gasteiger charge is 2.04. The van der Waals surface area contributed by atoms with Crippen molar-refractivity contribution >= 4 is 17.2 Å². The highest BCUT2D eigenvalue weighted by Crippen LogP contribution is 2.08. The first kappa shape index (κ1) is 8.07. The van der Waals surface area contributed by atoms with Crippen molar-refractivity contribution in [1.29, 1.82) is 0 Å². The van der Waals surface area contributed by atoms with Gasteiger partial charge in [-0.25, -0.2) is 0 Å². The summed E-state index contributed by atoms with van der Waals surface area (Å²) in [4.78, 5) is 12.2. The van der Waals surface area contributed by atoms with Crippen molar-refractivity contribution in [2.75, 3.05) is 5.43 Å². The Hall–Kier alpha value is -1.55. The molecule has 0 spiro atoms. The molecular weight excluding hydrogens is 184 g/mol. The van der Waals surface area contributed by atoms with Gasteiger partial charge in [0.05, 0.1) is 4.88 Å². The third kappa shape index (κ3) is 1.78. The molecule has 0 aliphatic heterocycles. The van der Waals surface area contributed by atoms with E-state index in [2.05, 4.69) is 5.43 Å². The van der Waals surface area contributed by atoms with Gasteiger partial charge in [-0.15, -0.1) is 11.3 Å². The molecule has 66 valence electrons. The maximum atomic E-state index is 11.5. The first-order chi connectivity index (χ1) is 6.36. The maximum Gasteiger partial charge on any atom is 0.280 e. The van der Waals surface area contributed by atoms with Gasteiger partial charge in [0.1, 0.15) is 0 Å². The Morgan fingerprint density at radius 1 is 1.31 bits per heavy atom. The summed E-state index contributed by atoms with van der Waals surface area (Å²) in [6.07, 6.45) is 3.57. The molecule has 0 radical (unpaired) electrons. The summed E-state index contributed by atoms with van der Waals surface area (Å²) in [5.41, 5.74) is 2.71. The topological polar surface area (TPSA) is 34.0 Å². The molecule has 2 heterocycles. The second-order valence-electron chi connectivity index (χ2n) is 2.51. The van der Waals surface area contributed by atoms with Gasteiger partial charge in [0.2, 0.25) is 0 Å². The number of hydrogen-bond donors (Lipinski definition) is 1. The summed E-state index contributed by atoms with van der Waals surface area (Å²) < 4.78 is 1.63. The quantitative estimate of drug-likeness (QED) is 0.775. The number of hydrogen-bond acceptors (Lipinski definition) is 2. The van der Waals surface area contributed by atoms with Crippen LogP contribution in [-0.2, 0) is 0 Å². The van der Waals surface area contributed by atoms with E-state index in [9.17, 15) is 4.79 Å². The molecular formula is C9H8N2OS. The Labute approximate surface area is 79.6 Å². The van der Waals surface area contributed by atoms with E-state index in [4.69, 9.17) is 0 Å². The molecule has 1 amide bonds. The molecule has 2 aromatic heterocycles. The molecule has 3 nitrogen and oxygen atoms in total. The minimum absolute atomic E-state index is 0.0776. The fourth-order valence-electron chi connectivity index (χ4n) is 0.989. The molecule has 1 N–H and O–H groups in total. The summed E-state index contributed by atoms with van der Waals surface area (Å²) in [5.74, 6) is -0.0776. The molecule has 0 aliphatic rings. The Balaban J connectivity index is 2.08. The third-order valence-corrected chi connectivity index (χ3v) is 2.45. The van der Waals surface area contributed by atoms with Gasteiger partial charge in [0.15, 0.2) is 0 Å². The number of carbonyl (C=O) groups excluding carboxylic acids is 1. The van der Waals surface area contributed by atoms with Crippen LogP contribution in [0.25, 0.3) is 0 Å². The van der Waals surface area contributed by atoms with Crippen LogP contribution >= 0.6 is 11.3 Å². The van der Waals surface area contributed by atoms with Crippen molar-refractivity contribution in [3.63, 3.8) is 0 Å². The van der Waals surface area contributed by atoms with Crippen LogP contribution in [0.5, 0.6) is 0 Å². The number of aromatic nitrogens is 1. The molecule has 0 atom stereocenters. The second-order valence-corrected chi connectivity index (χ2v) is 3.46. The van der Waals surface area contributed by atoms with Crippen molar-refractivity contribution < 1.29 is 4.79 Å². The minimum Gasteiger partial charge on any atom is -0.268 e. The Morgan fingerprint density at radius 3 is 2.69 bits per heavy atom. The van der Waals surface area contributed by atoms with Gasteiger partial charge in [-0.3, -0.25) is 14.9 Å². The van der Waals surface area contributed by atoms with Crippen LogP contribution in [0.2, 0.25) is 0 Å². The van der Waals surface area contributed by atoms with Crippen LogP contribution in [0.4, 0.5) is 0 Å². The average Bonchev–Trinajstić information content (AvgIpc) is 2.74. The third-order valence-electron chi connectivity index (χ3n) is 1.58. The lowest BCUT2D eigenvalue weighted by Gasteiger charge is -2.02. The Bertz CT molecular complexity index is 378. The molecule has 0 fully saturated rings. The lowest BCUT2D eigenvalue weighted by Crippen LogP contribution is -2.20. The fourth-order valence-corrected chi connectivity index (χ4v) is 1.60. The predicted molar refractivity (Wildman–Crippen MR) is 52.4 cm³/mol. The summed E-state index contributed by atoms with van der Waals surface area (Å²) in [6.45, 7) is 0. The van der Waals surface area contributed by atoms with Gasteiger partial charge in [0, 0.05) is 12.4 Å². The molecule has 13 heavy (non-hydrogen) atoms. The zero-order valence-corrected chi connectivity index (χ0v) is 7.62. The van der Waals surface area contributed by atoms with Gasteiger partial charge in [-0.05, 0) is 23.6 Å². The van der Waals surface area contributed by atoms with Gasteiger partial charge in [0.25, 0.3) is 5.91 Å². The van der Waals surface area contributed by atoms with E-state index in [1.165, 1.54) is 11.3 Å². The normalized spacial score (nSPS) is 9.85. The van der Waals surface area contributed by atoms with Crippen LogP contribution in [-0.4, -0.2) is 10.6 Å². The van der Waals surface area contributed by atoms with Crippen LogP contribution in [0, 0.1) is 0 Å². The second kappa shape index (κ2) is 3.45. The van der Waals surface area contributed by atoms with E-state index in [1.807, 2.05) is 23.6 Å². The van der Waals surface area contributed by atoms with Gasteiger partial charge < -0.3 is 0 Å². The van der Waals surface area contributed by atoms with Crippen molar-refractivity contribution in [2.45, 2.75) is 0 Å². The van der Waals surface area contributed by atoms with E-state index < -0.39 is 0 Å². The molecule has 0 unspecified atom stereocenters. The van der Waals surface area contributed by atoms with E-state index in [1.54, 1.807) is 23.1 Å². The number of thiophene rings is 1. The highest BCUT2D eigenvalue weighted by atomic mass is 32.1. The summed E-state index contributed by atoms with van der Waals surface area (Å²) in [6, 6.07) is 7.36. The fraction of sp³-hybridized carbons (Fsp3) is 0. The number of amides is 1. The summed E-state index contributed by atoms with van der Waals surface area (Å²) in [5, 5.41) is 1.88.